The molecule has 4 aliphatic rings. The second-order valence-corrected chi connectivity index (χ2v) is 10.5. The van der Waals surface area contributed by atoms with Crippen molar-refractivity contribution in [3.05, 3.63) is 30.3 Å². The standard InChI is InChI=1S/C25H33NO3/c1-24-14-12-19-17(8-11-21-25(19,2)15-13-22(27)26-21)18(24)9-10-20(24)23(28)29-16-6-4-3-5-7-16/h3-7,17-21H,8-15H2,1-2H3,(H,26,27)/t17-,18-,19-,20-,21+,24-,25+/m0/s1. The molecule has 29 heavy (non-hydrogen) atoms. The second-order valence-electron chi connectivity index (χ2n) is 10.5. The molecule has 1 amide bonds. The maximum absolute atomic E-state index is 13.1. The predicted octanol–water partition coefficient (Wildman–Crippen LogP) is 4.73. The predicted molar refractivity (Wildman–Crippen MR) is 111 cm³/mol. The Labute approximate surface area is 173 Å². The molecule has 1 aliphatic heterocycles. The SMILES string of the molecule is C[C@]12CCC(=O)N[C@@H]1CC[C@@H]1[C@@H]2CC[C@]2(C)[C@H](C(=O)Oc3ccccc3)CC[C@@H]12. The van der Waals surface area contributed by atoms with Gasteiger partial charge in [-0.3, -0.25) is 9.59 Å². The smallest absolute Gasteiger partial charge is 0.314 e. The highest BCUT2D eigenvalue weighted by molar-refractivity contribution is 5.77. The highest BCUT2D eigenvalue weighted by Crippen LogP contribution is 2.65. The molecule has 3 saturated carbocycles. The first-order valence-corrected chi connectivity index (χ1v) is 11.5. The van der Waals surface area contributed by atoms with E-state index in [1.807, 2.05) is 30.3 Å². The van der Waals surface area contributed by atoms with E-state index in [1.165, 1.54) is 12.8 Å². The van der Waals surface area contributed by atoms with Crippen molar-refractivity contribution in [3.63, 3.8) is 0 Å². The third-order valence-corrected chi connectivity index (χ3v) is 9.34. The zero-order valence-electron chi connectivity index (χ0n) is 17.7. The maximum Gasteiger partial charge on any atom is 0.314 e. The summed E-state index contributed by atoms with van der Waals surface area (Å²) in [4.78, 5) is 25.1. The number of hydrogen-bond donors (Lipinski definition) is 1. The molecule has 1 N–H and O–H groups in total. The van der Waals surface area contributed by atoms with Crippen molar-refractivity contribution in [1.29, 1.82) is 0 Å². The summed E-state index contributed by atoms with van der Waals surface area (Å²) < 4.78 is 5.78. The van der Waals surface area contributed by atoms with Gasteiger partial charge in [0.1, 0.15) is 5.75 Å². The molecule has 0 radical (unpaired) electrons. The zero-order valence-corrected chi connectivity index (χ0v) is 17.7. The Kier molecular flexibility index (Phi) is 4.52. The topological polar surface area (TPSA) is 55.4 Å². The van der Waals surface area contributed by atoms with Gasteiger partial charge in [-0.2, -0.15) is 0 Å². The molecule has 0 unspecified atom stereocenters. The van der Waals surface area contributed by atoms with Gasteiger partial charge in [-0.15, -0.1) is 0 Å². The summed E-state index contributed by atoms with van der Waals surface area (Å²) in [5.41, 5.74) is 0.273. The van der Waals surface area contributed by atoms with Gasteiger partial charge in [-0.05, 0) is 85.7 Å². The van der Waals surface area contributed by atoms with Gasteiger partial charge in [0.05, 0.1) is 5.92 Å². The Balaban J connectivity index is 1.36. The minimum Gasteiger partial charge on any atom is -0.426 e. The Morgan fingerprint density at radius 3 is 2.52 bits per heavy atom. The molecular weight excluding hydrogens is 362 g/mol. The van der Waals surface area contributed by atoms with Crippen molar-refractivity contribution in [2.24, 2.45) is 34.5 Å². The number of para-hydroxylation sites is 1. The Morgan fingerprint density at radius 1 is 0.966 bits per heavy atom. The summed E-state index contributed by atoms with van der Waals surface area (Å²) in [5.74, 6) is 2.81. The van der Waals surface area contributed by atoms with Crippen LogP contribution in [0.15, 0.2) is 30.3 Å². The monoisotopic (exact) mass is 395 g/mol. The van der Waals surface area contributed by atoms with Crippen LogP contribution in [0.25, 0.3) is 0 Å². The van der Waals surface area contributed by atoms with E-state index in [9.17, 15) is 9.59 Å². The van der Waals surface area contributed by atoms with Crippen molar-refractivity contribution in [3.8, 4) is 5.75 Å². The molecule has 4 nitrogen and oxygen atoms in total. The maximum atomic E-state index is 13.1. The third kappa shape index (κ3) is 2.93. The number of ether oxygens (including phenoxy) is 1. The van der Waals surface area contributed by atoms with E-state index in [1.54, 1.807) is 0 Å². The summed E-state index contributed by atoms with van der Waals surface area (Å²) in [6, 6.07) is 9.83. The normalized spacial score (nSPS) is 43.5. The van der Waals surface area contributed by atoms with Crippen molar-refractivity contribution >= 4 is 11.9 Å². The molecule has 1 aromatic rings. The average Bonchev–Trinajstić information content (AvgIpc) is 3.06. The number of amides is 1. The number of nitrogens with one attached hydrogen (secondary N) is 1. The van der Waals surface area contributed by atoms with E-state index in [-0.39, 0.29) is 28.6 Å². The molecule has 4 heteroatoms. The van der Waals surface area contributed by atoms with Crippen LogP contribution in [0.2, 0.25) is 0 Å². The van der Waals surface area contributed by atoms with E-state index in [0.717, 1.165) is 32.1 Å². The molecule has 4 fully saturated rings. The van der Waals surface area contributed by atoms with Gasteiger partial charge in [-0.25, -0.2) is 0 Å². The second kappa shape index (κ2) is 6.85. The molecule has 3 aliphatic carbocycles. The lowest BCUT2D eigenvalue weighted by Gasteiger charge is -2.60. The highest BCUT2D eigenvalue weighted by Gasteiger charge is 2.61. The molecule has 1 heterocycles. The molecule has 0 spiro atoms. The largest absolute Gasteiger partial charge is 0.426 e. The van der Waals surface area contributed by atoms with Crippen molar-refractivity contribution in [2.45, 2.75) is 71.3 Å². The Bertz CT molecular complexity index is 808. The minimum atomic E-state index is -0.0375. The molecular formula is C25H33NO3. The lowest BCUT2D eigenvalue weighted by Crippen LogP contribution is -2.61. The van der Waals surface area contributed by atoms with Gasteiger partial charge in [-0.1, -0.05) is 32.0 Å². The van der Waals surface area contributed by atoms with E-state index < -0.39 is 0 Å². The van der Waals surface area contributed by atoms with Crippen LogP contribution in [0.1, 0.15) is 65.2 Å². The zero-order chi connectivity index (χ0) is 20.2. The first kappa shape index (κ1) is 19.1. The van der Waals surface area contributed by atoms with Gasteiger partial charge in [0.2, 0.25) is 5.91 Å². The quantitative estimate of drug-likeness (QED) is 0.582. The number of carbonyl (C=O) groups excluding carboxylic acids is 2. The van der Waals surface area contributed by atoms with Gasteiger partial charge in [0.15, 0.2) is 0 Å². The third-order valence-electron chi connectivity index (χ3n) is 9.34. The van der Waals surface area contributed by atoms with Crippen molar-refractivity contribution in [1.82, 2.24) is 5.32 Å². The molecule has 5 rings (SSSR count). The van der Waals surface area contributed by atoms with Crippen molar-refractivity contribution < 1.29 is 14.3 Å². The fraction of sp³-hybridized carbons (Fsp3) is 0.680. The van der Waals surface area contributed by atoms with Crippen LogP contribution >= 0.6 is 0 Å². The number of fused-ring (bicyclic) bond motifs is 5. The van der Waals surface area contributed by atoms with E-state index in [0.29, 0.717) is 36.0 Å². The van der Waals surface area contributed by atoms with Gasteiger partial charge in [0.25, 0.3) is 0 Å². The van der Waals surface area contributed by atoms with Crippen LogP contribution in [-0.4, -0.2) is 17.9 Å². The number of rotatable bonds is 2. The van der Waals surface area contributed by atoms with Crippen LogP contribution in [-0.2, 0) is 9.59 Å². The first-order valence-electron chi connectivity index (χ1n) is 11.5. The minimum absolute atomic E-state index is 0.00486. The van der Waals surface area contributed by atoms with Crippen LogP contribution in [0.5, 0.6) is 5.75 Å². The molecule has 0 bridgehead atoms. The Hall–Kier alpha value is -1.84. The number of carbonyl (C=O) groups is 2. The highest BCUT2D eigenvalue weighted by atomic mass is 16.5. The number of hydrogen-bond acceptors (Lipinski definition) is 3. The first-order chi connectivity index (χ1) is 13.9. The summed E-state index contributed by atoms with van der Waals surface area (Å²) in [6.07, 6.45) is 8.34. The lowest BCUT2D eigenvalue weighted by atomic mass is 9.47. The van der Waals surface area contributed by atoms with E-state index >= 15 is 0 Å². The summed E-state index contributed by atoms with van der Waals surface area (Å²) in [7, 11) is 0. The van der Waals surface area contributed by atoms with Crippen LogP contribution < -0.4 is 10.1 Å². The number of benzene rings is 1. The number of esters is 1. The summed E-state index contributed by atoms with van der Waals surface area (Å²) in [5, 5.41) is 3.30. The fourth-order valence-corrected chi connectivity index (χ4v) is 7.77. The van der Waals surface area contributed by atoms with Crippen molar-refractivity contribution in [2.75, 3.05) is 0 Å². The molecule has 1 aromatic carbocycles. The summed E-state index contributed by atoms with van der Waals surface area (Å²) >= 11 is 0. The molecule has 156 valence electrons. The van der Waals surface area contributed by atoms with Gasteiger partial charge in [0, 0.05) is 12.5 Å². The van der Waals surface area contributed by atoms with E-state index in [2.05, 4.69) is 19.2 Å². The molecule has 1 saturated heterocycles. The van der Waals surface area contributed by atoms with Crippen LogP contribution in [0.3, 0.4) is 0 Å². The lowest BCUT2D eigenvalue weighted by molar-refractivity contribution is -0.150. The molecule has 7 atom stereocenters. The summed E-state index contributed by atoms with van der Waals surface area (Å²) in [6.45, 7) is 4.78. The average molecular weight is 396 g/mol. The van der Waals surface area contributed by atoms with Crippen LogP contribution in [0, 0.1) is 34.5 Å². The van der Waals surface area contributed by atoms with Crippen LogP contribution in [0.4, 0.5) is 0 Å². The van der Waals surface area contributed by atoms with Gasteiger partial charge < -0.3 is 10.1 Å². The van der Waals surface area contributed by atoms with Gasteiger partial charge >= 0.3 is 5.97 Å². The Morgan fingerprint density at radius 2 is 1.72 bits per heavy atom. The fourth-order valence-electron chi connectivity index (χ4n) is 7.77. The number of piperidine rings is 1. The molecule has 0 aromatic heterocycles. The van der Waals surface area contributed by atoms with E-state index in [4.69, 9.17) is 4.74 Å².